The molecule has 2 fully saturated rings. The summed E-state index contributed by atoms with van der Waals surface area (Å²) in [6.45, 7) is 5.82. The van der Waals surface area contributed by atoms with Crippen molar-refractivity contribution >= 4 is 17.5 Å². The molecule has 4 rings (SSSR count). The molecule has 2 aliphatic heterocycles. The van der Waals surface area contributed by atoms with Gasteiger partial charge in [-0.05, 0) is 31.5 Å². The highest BCUT2D eigenvalue weighted by Gasteiger charge is 2.66. The largest absolute Gasteiger partial charge is 0.493 e. The molecule has 0 bridgehead atoms. The van der Waals surface area contributed by atoms with Crippen molar-refractivity contribution < 1.29 is 41.0 Å². The van der Waals surface area contributed by atoms with Crippen LogP contribution in [-0.2, 0) is 9.53 Å². The van der Waals surface area contributed by atoms with Gasteiger partial charge in [0.2, 0.25) is 5.82 Å². The number of aryl methyl sites for hydroxylation is 1. The molecule has 1 aromatic heterocycles. The molecule has 0 saturated carbocycles. The Hall–Kier alpha value is -3.32. The molecule has 0 unspecified atom stereocenters. The molecule has 0 aliphatic carbocycles. The predicted octanol–water partition coefficient (Wildman–Crippen LogP) is 3.80. The number of alkyl halides is 3. The number of piperazine rings is 1. The molecule has 0 radical (unpaired) electrons. The van der Waals surface area contributed by atoms with E-state index in [0.717, 1.165) is 26.2 Å². The predicted molar refractivity (Wildman–Crippen MR) is 131 cm³/mol. The second-order valence-corrected chi connectivity index (χ2v) is 9.86. The molecule has 0 spiro atoms. The molecule has 13 heteroatoms. The maximum Gasteiger partial charge on any atom is 0.417 e. The number of hydrogen-bond acceptors (Lipinski definition) is 6. The summed E-state index contributed by atoms with van der Waals surface area (Å²) in [6, 6.07) is 3.21. The molecule has 2 aromatic rings. The highest BCUT2D eigenvalue weighted by molar-refractivity contribution is 5.98. The van der Waals surface area contributed by atoms with Gasteiger partial charge in [0.1, 0.15) is 11.8 Å². The first-order valence-electron chi connectivity index (χ1n) is 12.3. The third kappa shape index (κ3) is 5.17. The van der Waals surface area contributed by atoms with Crippen molar-refractivity contribution in [1.82, 2.24) is 15.2 Å². The number of nitrogens with one attached hydrogen (secondary N) is 2. The van der Waals surface area contributed by atoms with Crippen LogP contribution in [0, 0.1) is 24.5 Å². The van der Waals surface area contributed by atoms with Gasteiger partial charge in [0.25, 0.3) is 11.8 Å². The second kappa shape index (κ2) is 10.7. The molecule has 3 heterocycles. The number of benzene rings is 1. The lowest BCUT2D eigenvalue weighted by molar-refractivity contribution is -0.272. The molecule has 2 N–H and O–H groups in total. The zero-order valence-electron chi connectivity index (χ0n) is 21.8. The van der Waals surface area contributed by atoms with E-state index in [9.17, 15) is 31.5 Å². The van der Waals surface area contributed by atoms with Gasteiger partial charge in [0.15, 0.2) is 17.2 Å². The first-order valence-corrected chi connectivity index (χ1v) is 12.3. The lowest BCUT2D eigenvalue weighted by Gasteiger charge is -2.32. The van der Waals surface area contributed by atoms with E-state index >= 15 is 0 Å². The van der Waals surface area contributed by atoms with Crippen molar-refractivity contribution in [1.29, 1.82) is 0 Å². The maximum atomic E-state index is 14.6. The number of rotatable bonds is 5. The highest BCUT2D eigenvalue weighted by Crippen LogP contribution is 2.55. The number of amides is 2. The van der Waals surface area contributed by atoms with Gasteiger partial charge in [0.05, 0.1) is 7.11 Å². The fourth-order valence-electron chi connectivity index (χ4n) is 5.05. The lowest BCUT2D eigenvalue weighted by atomic mass is 9.77. The maximum absolute atomic E-state index is 14.6. The Kier molecular flexibility index (Phi) is 7.86. The minimum absolute atomic E-state index is 0.0532. The Morgan fingerprint density at radius 2 is 1.90 bits per heavy atom. The van der Waals surface area contributed by atoms with Crippen LogP contribution in [0.5, 0.6) is 5.75 Å². The number of carbonyl (C=O) groups excluding carboxylic acids is 2. The van der Waals surface area contributed by atoms with Crippen LogP contribution in [0.15, 0.2) is 24.4 Å². The molecule has 212 valence electrons. The fraction of sp³-hybridized carbons (Fsp3) is 0.500. The van der Waals surface area contributed by atoms with E-state index in [1.807, 2.05) is 0 Å². The van der Waals surface area contributed by atoms with Gasteiger partial charge in [-0.15, -0.1) is 0 Å². The highest BCUT2D eigenvalue weighted by atomic mass is 19.4. The van der Waals surface area contributed by atoms with Gasteiger partial charge in [-0.25, -0.2) is 4.39 Å². The molecular weight excluding hydrogens is 527 g/mol. The van der Waals surface area contributed by atoms with E-state index in [1.54, 1.807) is 11.8 Å². The van der Waals surface area contributed by atoms with Gasteiger partial charge >= 0.3 is 6.18 Å². The molecular formula is C26H29F5N4O4. The molecule has 1 aromatic carbocycles. The Balaban J connectivity index is 1.70. The number of methoxy groups -OCH3 is 1. The second-order valence-electron chi connectivity index (χ2n) is 9.86. The van der Waals surface area contributed by atoms with Crippen molar-refractivity contribution in [2.75, 3.05) is 38.6 Å². The van der Waals surface area contributed by atoms with Crippen molar-refractivity contribution in [3.05, 3.63) is 52.9 Å². The standard InChI is InChI=1S/C26H29F5N4O4/c1-13-12-33-18(24(37)35-9-7-32-8-10-35)11-17(13)34-23(36)22-19(14(2)25(3,39-22)26(29,30)31)15-5-6-16(27)20(28)21(15)38-4/h5-6,11-12,14,19,22,32H,7-10H2,1-4H3,(H,33,34,36)/t14-,19-,22+,25+/m0/s1. The van der Waals surface area contributed by atoms with Crippen LogP contribution in [0.2, 0.25) is 0 Å². The topological polar surface area (TPSA) is 92.8 Å². The third-order valence-electron chi connectivity index (χ3n) is 7.55. The van der Waals surface area contributed by atoms with Gasteiger partial charge < -0.3 is 25.0 Å². The average Bonchev–Trinajstić information content (AvgIpc) is 3.18. The van der Waals surface area contributed by atoms with Crippen LogP contribution >= 0.6 is 0 Å². The smallest absolute Gasteiger partial charge is 0.417 e. The van der Waals surface area contributed by atoms with Gasteiger partial charge in [0, 0.05) is 55.5 Å². The van der Waals surface area contributed by atoms with Crippen molar-refractivity contribution in [3.8, 4) is 5.75 Å². The van der Waals surface area contributed by atoms with E-state index in [1.165, 1.54) is 19.2 Å². The minimum Gasteiger partial charge on any atom is -0.493 e. The van der Waals surface area contributed by atoms with Crippen LogP contribution in [-0.4, -0.2) is 72.9 Å². The van der Waals surface area contributed by atoms with Gasteiger partial charge in [-0.2, -0.15) is 17.6 Å². The van der Waals surface area contributed by atoms with Crippen molar-refractivity contribution in [2.24, 2.45) is 5.92 Å². The number of ether oxygens (including phenoxy) is 2. The molecule has 2 amide bonds. The Morgan fingerprint density at radius 1 is 1.23 bits per heavy atom. The Morgan fingerprint density at radius 3 is 2.51 bits per heavy atom. The molecule has 39 heavy (non-hydrogen) atoms. The average molecular weight is 557 g/mol. The van der Waals surface area contributed by atoms with Crippen molar-refractivity contribution in [2.45, 2.75) is 44.6 Å². The van der Waals surface area contributed by atoms with Crippen LogP contribution in [0.4, 0.5) is 27.6 Å². The van der Waals surface area contributed by atoms with E-state index < -0.39 is 53.0 Å². The van der Waals surface area contributed by atoms with Gasteiger partial charge in [-0.1, -0.05) is 13.0 Å². The van der Waals surface area contributed by atoms with Crippen molar-refractivity contribution in [3.63, 3.8) is 0 Å². The normalized spacial score (nSPS) is 25.5. The summed E-state index contributed by atoms with van der Waals surface area (Å²) in [5.41, 5.74) is -2.27. The number of nitrogens with zero attached hydrogens (tertiary/aromatic N) is 2. The molecule has 8 nitrogen and oxygen atoms in total. The zero-order valence-corrected chi connectivity index (χ0v) is 21.8. The number of pyridine rings is 1. The van der Waals surface area contributed by atoms with E-state index in [0.29, 0.717) is 31.7 Å². The minimum atomic E-state index is -4.89. The van der Waals surface area contributed by atoms with Gasteiger partial charge in [-0.3, -0.25) is 14.6 Å². The first kappa shape index (κ1) is 28.7. The van der Waals surface area contributed by atoms with Crippen LogP contribution < -0.4 is 15.4 Å². The third-order valence-corrected chi connectivity index (χ3v) is 7.55. The quantitative estimate of drug-likeness (QED) is 0.545. The van der Waals surface area contributed by atoms with Crippen LogP contribution in [0.1, 0.15) is 41.4 Å². The molecule has 4 atom stereocenters. The number of carbonyl (C=O) groups is 2. The Labute approximate surface area is 221 Å². The first-order chi connectivity index (χ1) is 18.3. The summed E-state index contributed by atoms with van der Waals surface area (Å²) >= 11 is 0. The number of halogens is 5. The summed E-state index contributed by atoms with van der Waals surface area (Å²) in [6.07, 6.45) is -5.27. The summed E-state index contributed by atoms with van der Waals surface area (Å²) in [7, 11) is 1.05. The number of aromatic nitrogens is 1. The summed E-state index contributed by atoms with van der Waals surface area (Å²) < 4.78 is 81.4. The number of hydrogen-bond donors (Lipinski definition) is 2. The lowest BCUT2D eigenvalue weighted by Crippen LogP contribution is -2.47. The summed E-state index contributed by atoms with van der Waals surface area (Å²) in [5, 5.41) is 5.69. The summed E-state index contributed by atoms with van der Waals surface area (Å²) in [5.74, 6) is -7.31. The van der Waals surface area contributed by atoms with Crippen LogP contribution in [0.25, 0.3) is 0 Å². The Bertz CT molecular complexity index is 1270. The van der Waals surface area contributed by atoms with E-state index in [2.05, 4.69) is 15.6 Å². The van der Waals surface area contributed by atoms with Crippen LogP contribution in [0.3, 0.4) is 0 Å². The zero-order chi connectivity index (χ0) is 28.7. The molecule has 2 aliphatic rings. The molecule has 2 saturated heterocycles. The SMILES string of the molecule is COc1c([C@H]2[C@H](C(=O)Nc3cc(C(=O)N4CCNCC4)ncc3C)O[C@@](C)(C(F)(F)F)[C@H]2C)ccc(F)c1F. The fourth-order valence-corrected chi connectivity index (χ4v) is 5.05. The number of anilines is 1. The summed E-state index contributed by atoms with van der Waals surface area (Å²) in [4.78, 5) is 32.2. The van der Waals surface area contributed by atoms with E-state index in [-0.39, 0.29) is 22.9 Å². The monoisotopic (exact) mass is 556 g/mol. The van der Waals surface area contributed by atoms with E-state index in [4.69, 9.17) is 9.47 Å².